The summed E-state index contributed by atoms with van der Waals surface area (Å²) in [7, 11) is -3.61. The highest BCUT2D eigenvalue weighted by atomic mass is 32.2. The first-order valence-corrected chi connectivity index (χ1v) is 10.3. The number of hydrogen-bond acceptors (Lipinski definition) is 4. The Morgan fingerprint density at radius 2 is 1.68 bits per heavy atom. The van der Waals surface area contributed by atoms with Gasteiger partial charge >= 0.3 is 0 Å². The Kier molecular flexibility index (Phi) is 6.59. The Hall–Kier alpha value is -1.44. The van der Waals surface area contributed by atoms with Crippen molar-refractivity contribution in [1.82, 2.24) is 10.0 Å². The maximum absolute atomic E-state index is 12.6. The molecule has 6 nitrogen and oxygen atoms in total. The summed E-state index contributed by atoms with van der Waals surface area (Å²) >= 11 is 0. The van der Waals surface area contributed by atoms with Crippen molar-refractivity contribution in [2.45, 2.75) is 69.5 Å². The van der Waals surface area contributed by atoms with Crippen molar-refractivity contribution >= 4 is 15.9 Å². The quantitative estimate of drug-likeness (QED) is 0.712. The number of aryl methyl sites for hydroxylation is 1. The molecular formula is C18H29N3O3S. The second kappa shape index (κ2) is 8.29. The van der Waals surface area contributed by atoms with Gasteiger partial charge in [0.15, 0.2) is 0 Å². The molecule has 1 aromatic carbocycles. The van der Waals surface area contributed by atoms with Crippen LogP contribution in [0.15, 0.2) is 29.2 Å². The molecule has 1 aliphatic rings. The Labute approximate surface area is 150 Å². The maximum Gasteiger partial charge on any atom is 0.240 e. The van der Waals surface area contributed by atoms with Crippen LogP contribution in [-0.4, -0.2) is 32.5 Å². The van der Waals surface area contributed by atoms with Crippen molar-refractivity contribution < 1.29 is 13.2 Å². The summed E-state index contributed by atoms with van der Waals surface area (Å²) in [6.45, 7) is 5.69. The van der Waals surface area contributed by atoms with Crippen molar-refractivity contribution in [3.63, 3.8) is 0 Å². The van der Waals surface area contributed by atoms with E-state index in [1.165, 1.54) is 0 Å². The average Bonchev–Trinajstić information content (AvgIpc) is 2.56. The van der Waals surface area contributed by atoms with Gasteiger partial charge in [0, 0.05) is 12.1 Å². The number of rotatable bonds is 6. The summed E-state index contributed by atoms with van der Waals surface area (Å²) in [5, 5.41) is 2.94. The van der Waals surface area contributed by atoms with Crippen LogP contribution in [0.25, 0.3) is 0 Å². The molecule has 0 aliphatic heterocycles. The molecule has 1 aromatic rings. The third-order valence-corrected chi connectivity index (χ3v) is 6.26. The van der Waals surface area contributed by atoms with Crippen molar-refractivity contribution in [2.75, 3.05) is 0 Å². The molecule has 2 rings (SSSR count). The lowest BCUT2D eigenvalue weighted by Gasteiger charge is -2.33. The van der Waals surface area contributed by atoms with Gasteiger partial charge in [-0.2, -0.15) is 0 Å². The lowest BCUT2D eigenvalue weighted by molar-refractivity contribution is -0.124. The third-order valence-electron chi connectivity index (χ3n) is 4.75. The fourth-order valence-corrected chi connectivity index (χ4v) is 4.32. The predicted octanol–water partition coefficient (Wildman–Crippen LogP) is 1.68. The molecule has 0 spiro atoms. The van der Waals surface area contributed by atoms with E-state index in [1.807, 2.05) is 20.8 Å². The number of carbonyl (C=O) groups is 1. The van der Waals surface area contributed by atoms with Crippen LogP contribution in [0.5, 0.6) is 0 Å². The van der Waals surface area contributed by atoms with E-state index in [9.17, 15) is 13.2 Å². The summed E-state index contributed by atoms with van der Waals surface area (Å²) < 4.78 is 28.0. The van der Waals surface area contributed by atoms with Crippen molar-refractivity contribution in [1.29, 1.82) is 0 Å². The number of nitrogens with one attached hydrogen (secondary N) is 2. The van der Waals surface area contributed by atoms with Crippen molar-refractivity contribution in [3.05, 3.63) is 29.8 Å². The highest BCUT2D eigenvalue weighted by Crippen LogP contribution is 2.21. The number of carbonyl (C=O) groups excluding carboxylic acids is 1. The molecular weight excluding hydrogens is 338 g/mol. The first-order chi connectivity index (χ1) is 11.7. The normalized spacial score (nSPS) is 22.6. The molecule has 0 unspecified atom stereocenters. The molecule has 25 heavy (non-hydrogen) atoms. The van der Waals surface area contributed by atoms with E-state index >= 15 is 0 Å². The van der Waals surface area contributed by atoms with E-state index in [0.29, 0.717) is 6.42 Å². The molecule has 1 amide bonds. The zero-order chi connectivity index (χ0) is 18.6. The van der Waals surface area contributed by atoms with Crippen LogP contribution in [0.1, 0.15) is 45.1 Å². The Bertz CT molecular complexity index is 686. The molecule has 0 aromatic heterocycles. The number of amides is 1. The van der Waals surface area contributed by atoms with Gasteiger partial charge in [0.05, 0.1) is 10.9 Å². The fraction of sp³-hybridized carbons (Fsp3) is 0.611. The predicted molar refractivity (Wildman–Crippen MR) is 98.5 cm³/mol. The Balaban J connectivity index is 2.09. The minimum atomic E-state index is -3.61. The monoisotopic (exact) mass is 367 g/mol. The van der Waals surface area contributed by atoms with Gasteiger partial charge in [-0.05, 0) is 37.8 Å². The van der Waals surface area contributed by atoms with Gasteiger partial charge in [0.25, 0.3) is 0 Å². The topological polar surface area (TPSA) is 101 Å². The van der Waals surface area contributed by atoms with E-state index in [0.717, 1.165) is 24.8 Å². The second-order valence-corrected chi connectivity index (χ2v) is 8.92. The Morgan fingerprint density at radius 1 is 1.12 bits per heavy atom. The number of hydrogen-bond donors (Lipinski definition) is 3. The van der Waals surface area contributed by atoms with Crippen LogP contribution >= 0.6 is 0 Å². The van der Waals surface area contributed by atoms with Crippen LogP contribution in [0, 0.1) is 12.8 Å². The van der Waals surface area contributed by atoms with Crippen LogP contribution in [0.3, 0.4) is 0 Å². The van der Waals surface area contributed by atoms with E-state index in [2.05, 4.69) is 10.0 Å². The van der Waals surface area contributed by atoms with Gasteiger partial charge in [0.1, 0.15) is 0 Å². The summed E-state index contributed by atoms with van der Waals surface area (Å²) in [6, 6.07) is 5.61. The zero-order valence-electron chi connectivity index (χ0n) is 15.2. The van der Waals surface area contributed by atoms with Gasteiger partial charge in [-0.3, -0.25) is 4.79 Å². The van der Waals surface area contributed by atoms with Crippen LogP contribution in [0.2, 0.25) is 0 Å². The number of nitrogens with two attached hydrogens (primary N) is 1. The van der Waals surface area contributed by atoms with Gasteiger partial charge in [-0.25, -0.2) is 13.1 Å². The second-order valence-electron chi connectivity index (χ2n) is 7.21. The minimum absolute atomic E-state index is 0.0336. The molecule has 0 heterocycles. The molecule has 0 saturated heterocycles. The molecule has 4 N–H and O–H groups in total. The number of sulfonamides is 1. The summed E-state index contributed by atoms with van der Waals surface area (Å²) in [5.41, 5.74) is 6.91. The van der Waals surface area contributed by atoms with E-state index < -0.39 is 16.1 Å². The lowest BCUT2D eigenvalue weighted by Crippen LogP contribution is -2.56. The summed E-state index contributed by atoms with van der Waals surface area (Å²) in [5.74, 6) is -0.187. The van der Waals surface area contributed by atoms with E-state index in [1.54, 1.807) is 24.3 Å². The first kappa shape index (κ1) is 19.9. The molecule has 3 atom stereocenters. The largest absolute Gasteiger partial charge is 0.350 e. The molecule has 0 radical (unpaired) electrons. The molecule has 1 fully saturated rings. The zero-order valence-corrected chi connectivity index (χ0v) is 16.0. The Morgan fingerprint density at radius 3 is 2.24 bits per heavy atom. The van der Waals surface area contributed by atoms with Crippen molar-refractivity contribution in [3.8, 4) is 0 Å². The number of benzene rings is 1. The van der Waals surface area contributed by atoms with Gasteiger partial charge in [0.2, 0.25) is 15.9 Å². The molecule has 140 valence electrons. The molecule has 7 heteroatoms. The highest BCUT2D eigenvalue weighted by Gasteiger charge is 2.32. The van der Waals surface area contributed by atoms with E-state index in [4.69, 9.17) is 5.73 Å². The molecule has 0 bridgehead atoms. The van der Waals surface area contributed by atoms with Crippen molar-refractivity contribution in [2.24, 2.45) is 11.7 Å². The SMILES string of the molecule is Cc1ccc(S(=O)(=O)N[C@@H]2CCCC[C@H]2NC(=O)[C@H](N)C(C)C)cc1. The minimum Gasteiger partial charge on any atom is -0.350 e. The average molecular weight is 368 g/mol. The standard InChI is InChI=1S/C18H29N3O3S/c1-12(2)17(19)18(22)20-15-6-4-5-7-16(15)21-25(23,24)14-10-8-13(3)9-11-14/h8-12,15-17,21H,4-7,19H2,1-3H3,(H,20,22)/t15-,16-,17-/m1/s1. The van der Waals surface area contributed by atoms with Crippen LogP contribution < -0.4 is 15.8 Å². The van der Waals surface area contributed by atoms with Crippen LogP contribution in [0.4, 0.5) is 0 Å². The maximum atomic E-state index is 12.6. The molecule has 1 saturated carbocycles. The highest BCUT2D eigenvalue weighted by molar-refractivity contribution is 7.89. The van der Waals surface area contributed by atoms with Crippen LogP contribution in [-0.2, 0) is 14.8 Å². The fourth-order valence-electron chi connectivity index (χ4n) is 3.01. The smallest absolute Gasteiger partial charge is 0.240 e. The lowest BCUT2D eigenvalue weighted by atomic mass is 9.90. The first-order valence-electron chi connectivity index (χ1n) is 8.85. The summed E-state index contributed by atoms with van der Waals surface area (Å²) in [6.07, 6.45) is 3.35. The molecule has 1 aliphatic carbocycles. The van der Waals surface area contributed by atoms with E-state index in [-0.39, 0.29) is 28.8 Å². The summed E-state index contributed by atoms with van der Waals surface area (Å²) in [4.78, 5) is 12.5. The van der Waals surface area contributed by atoms with Gasteiger partial charge < -0.3 is 11.1 Å². The third kappa shape index (κ3) is 5.26. The van der Waals surface area contributed by atoms with Gasteiger partial charge in [-0.15, -0.1) is 0 Å². The van der Waals surface area contributed by atoms with Gasteiger partial charge in [-0.1, -0.05) is 44.4 Å².